The molecule has 0 spiro atoms. The molecule has 0 aromatic heterocycles. The monoisotopic (exact) mass is 372 g/mol. The molecule has 1 aliphatic heterocycles. The van der Waals surface area contributed by atoms with Crippen LogP contribution in [0.15, 0.2) is 42.5 Å². The smallest absolute Gasteiger partial charge is 0.341 e. The van der Waals surface area contributed by atoms with Gasteiger partial charge in [0, 0.05) is 24.0 Å². The molecule has 3 N–H and O–H groups in total. The molecule has 1 amide bonds. The predicted molar refractivity (Wildman–Crippen MR) is 98.1 cm³/mol. The number of fused-ring (bicyclic) bond motifs is 1. The lowest BCUT2D eigenvalue weighted by atomic mass is 10.1. The van der Waals surface area contributed by atoms with Crippen LogP contribution < -0.4 is 20.1 Å². The van der Waals surface area contributed by atoms with Crippen molar-refractivity contribution in [2.24, 2.45) is 0 Å². The highest BCUT2D eigenvalue weighted by Crippen LogP contribution is 2.34. The van der Waals surface area contributed by atoms with E-state index in [0.29, 0.717) is 29.4 Å². The Labute approximate surface area is 156 Å². The fraction of sp³-hybridized carbons (Fsp3) is 0.263. The van der Waals surface area contributed by atoms with E-state index in [1.54, 1.807) is 42.5 Å². The number of carbonyl (C=O) groups is 2. The number of amides is 1. The van der Waals surface area contributed by atoms with E-state index in [1.165, 1.54) is 6.92 Å². The maximum atomic E-state index is 12.4. The van der Waals surface area contributed by atoms with Gasteiger partial charge in [0.15, 0.2) is 17.6 Å². The summed E-state index contributed by atoms with van der Waals surface area (Å²) in [4.78, 5) is 24.7. The van der Waals surface area contributed by atoms with Crippen LogP contribution in [-0.2, 0) is 9.53 Å². The molecule has 142 valence electrons. The van der Waals surface area contributed by atoms with Crippen LogP contribution in [0.25, 0.3) is 0 Å². The Balaban J connectivity index is 1.62. The number of hydrogen-bond acceptors (Lipinski definition) is 7. The largest absolute Gasteiger partial charge is 0.454 e. The van der Waals surface area contributed by atoms with Crippen molar-refractivity contribution in [2.75, 3.05) is 30.6 Å². The van der Waals surface area contributed by atoms with Gasteiger partial charge in [0.2, 0.25) is 6.79 Å². The fourth-order valence-corrected chi connectivity index (χ4v) is 2.50. The fourth-order valence-electron chi connectivity index (χ4n) is 2.50. The first-order valence-corrected chi connectivity index (χ1v) is 8.43. The van der Waals surface area contributed by atoms with Gasteiger partial charge in [-0.2, -0.15) is 0 Å². The van der Waals surface area contributed by atoms with Crippen LogP contribution in [-0.4, -0.2) is 43.0 Å². The Kier molecular flexibility index (Phi) is 5.77. The van der Waals surface area contributed by atoms with Crippen LogP contribution in [0.1, 0.15) is 17.3 Å². The van der Waals surface area contributed by atoms with Crippen molar-refractivity contribution in [3.63, 3.8) is 0 Å². The van der Waals surface area contributed by atoms with E-state index < -0.39 is 18.0 Å². The topological polar surface area (TPSA) is 106 Å². The Morgan fingerprint density at radius 2 is 1.96 bits per heavy atom. The van der Waals surface area contributed by atoms with Crippen molar-refractivity contribution < 1.29 is 28.9 Å². The highest BCUT2D eigenvalue weighted by atomic mass is 16.7. The van der Waals surface area contributed by atoms with Crippen molar-refractivity contribution in [1.82, 2.24) is 0 Å². The van der Waals surface area contributed by atoms with E-state index in [-0.39, 0.29) is 19.0 Å². The number of carbonyl (C=O) groups excluding carboxylic acids is 2. The minimum absolute atomic E-state index is 0.0717. The van der Waals surface area contributed by atoms with Crippen molar-refractivity contribution in [3.8, 4) is 11.5 Å². The minimum atomic E-state index is -1.01. The van der Waals surface area contributed by atoms with E-state index in [1.807, 2.05) is 0 Å². The van der Waals surface area contributed by atoms with Gasteiger partial charge in [0.05, 0.1) is 12.2 Å². The molecule has 8 nitrogen and oxygen atoms in total. The first-order chi connectivity index (χ1) is 13.1. The zero-order valence-electron chi connectivity index (χ0n) is 14.7. The minimum Gasteiger partial charge on any atom is -0.454 e. The summed E-state index contributed by atoms with van der Waals surface area (Å²) in [5.74, 6) is 0.0492. The van der Waals surface area contributed by atoms with E-state index in [9.17, 15) is 9.59 Å². The van der Waals surface area contributed by atoms with Crippen molar-refractivity contribution >= 4 is 23.3 Å². The molecular formula is C19H20N2O6. The summed E-state index contributed by atoms with van der Waals surface area (Å²) in [6.45, 7) is 1.86. The summed E-state index contributed by atoms with van der Waals surface area (Å²) in [6, 6.07) is 11.7. The normalized spacial score (nSPS) is 13.0. The van der Waals surface area contributed by atoms with Gasteiger partial charge in [0.1, 0.15) is 0 Å². The molecule has 1 heterocycles. The molecular weight excluding hydrogens is 352 g/mol. The van der Waals surface area contributed by atoms with Crippen molar-refractivity contribution in [3.05, 3.63) is 48.0 Å². The summed E-state index contributed by atoms with van der Waals surface area (Å²) < 4.78 is 15.8. The maximum absolute atomic E-state index is 12.4. The number of nitrogens with one attached hydrogen (secondary N) is 2. The molecule has 0 fully saturated rings. The molecule has 3 rings (SSSR count). The van der Waals surface area contributed by atoms with Gasteiger partial charge in [-0.05, 0) is 31.2 Å². The summed E-state index contributed by atoms with van der Waals surface area (Å²) in [6.07, 6.45) is -1.01. The number of rotatable bonds is 7. The van der Waals surface area contributed by atoms with E-state index in [2.05, 4.69) is 10.6 Å². The second-order valence-corrected chi connectivity index (χ2v) is 5.80. The number of aliphatic hydroxyl groups excluding tert-OH is 1. The first-order valence-electron chi connectivity index (χ1n) is 8.43. The molecule has 0 unspecified atom stereocenters. The quantitative estimate of drug-likeness (QED) is 0.638. The second kappa shape index (κ2) is 8.41. The maximum Gasteiger partial charge on any atom is 0.341 e. The number of para-hydroxylation sites is 1. The molecule has 0 radical (unpaired) electrons. The van der Waals surface area contributed by atoms with Gasteiger partial charge in [-0.25, -0.2) is 4.79 Å². The summed E-state index contributed by atoms with van der Waals surface area (Å²) in [5, 5.41) is 14.5. The van der Waals surface area contributed by atoms with Crippen LogP contribution in [0, 0.1) is 0 Å². The van der Waals surface area contributed by atoms with Crippen LogP contribution in [0.3, 0.4) is 0 Å². The first kappa shape index (κ1) is 18.5. The van der Waals surface area contributed by atoms with Crippen LogP contribution >= 0.6 is 0 Å². The highest BCUT2D eigenvalue weighted by Gasteiger charge is 2.22. The third kappa shape index (κ3) is 4.48. The highest BCUT2D eigenvalue weighted by molar-refractivity contribution is 5.99. The average Bonchev–Trinajstić information content (AvgIpc) is 3.14. The second-order valence-electron chi connectivity index (χ2n) is 5.80. The SMILES string of the molecule is C[C@H](OC(=O)c1ccccc1NCCO)C(=O)Nc1ccc2c(c1)OCO2. The Morgan fingerprint density at radius 3 is 2.78 bits per heavy atom. The number of benzene rings is 2. The lowest BCUT2D eigenvalue weighted by molar-refractivity contribution is -0.123. The lowest BCUT2D eigenvalue weighted by Crippen LogP contribution is -2.30. The van der Waals surface area contributed by atoms with Crippen LogP contribution in [0.5, 0.6) is 11.5 Å². The predicted octanol–water partition coefficient (Wildman–Crippen LogP) is 2.00. The molecule has 0 saturated heterocycles. The molecule has 1 aliphatic rings. The summed E-state index contributed by atoms with van der Waals surface area (Å²) >= 11 is 0. The molecule has 0 aliphatic carbocycles. The number of ether oxygens (including phenoxy) is 3. The number of esters is 1. The summed E-state index contributed by atoms with van der Waals surface area (Å²) in [7, 11) is 0. The number of hydrogen-bond donors (Lipinski definition) is 3. The molecule has 27 heavy (non-hydrogen) atoms. The Bertz CT molecular complexity index is 839. The van der Waals surface area contributed by atoms with E-state index in [0.717, 1.165) is 0 Å². The molecule has 2 aromatic rings. The van der Waals surface area contributed by atoms with Crippen LogP contribution in [0.2, 0.25) is 0 Å². The van der Waals surface area contributed by atoms with Gasteiger partial charge in [-0.3, -0.25) is 4.79 Å². The molecule has 0 bridgehead atoms. The number of aliphatic hydroxyl groups is 1. The van der Waals surface area contributed by atoms with Gasteiger partial charge in [-0.15, -0.1) is 0 Å². The van der Waals surface area contributed by atoms with Gasteiger partial charge < -0.3 is 30.0 Å². The zero-order chi connectivity index (χ0) is 19.2. The molecule has 2 aromatic carbocycles. The van der Waals surface area contributed by atoms with Gasteiger partial charge >= 0.3 is 5.97 Å². The Hall–Kier alpha value is -3.26. The summed E-state index contributed by atoms with van der Waals surface area (Å²) in [5.41, 5.74) is 1.32. The van der Waals surface area contributed by atoms with E-state index >= 15 is 0 Å². The molecule has 1 atom stereocenters. The van der Waals surface area contributed by atoms with E-state index in [4.69, 9.17) is 19.3 Å². The zero-order valence-corrected chi connectivity index (χ0v) is 14.7. The van der Waals surface area contributed by atoms with Crippen molar-refractivity contribution in [2.45, 2.75) is 13.0 Å². The molecule has 8 heteroatoms. The van der Waals surface area contributed by atoms with Crippen LogP contribution in [0.4, 0.5) is 11.4 Å². The lowest BCUT2D eigenvalue weighted by Gasteiger charge is -2.15. The Morgan fingerprint density at radius 1 is 1.19 bits per heavy atom. The van der Waals surface area contributed by atoms with Gasteiger partial charge in [0.25, 0.3) is 5.91 Å². The van der Waals surface area contributed by atoms with Crippen molar-refractivity contribution in [1.29, 1.82) is 0 Å². The molecule has 0 saturated carbocycles. The third-order valence-corrected chi connectivity index (χ3v) is 3.87. The van der Waals surface area contributed by atoms with Gasteiger partial charge in [-0.1, -0.05) is 12.1 Å². The number of anilines is 2. The standard InChI is InChI=1S/C19H20N2O6/c1-12(18(23)21-13-6-7-16-17(10-13)26-11-25-16)27-19(24)14-4-2-3-5-15(14)20-8-9-22/h2-7,10,12,20,22H,8-9,11H2,1H3,(H,21,23)/t12-/m0/s1. The third-order valence-electron chi connectivity index (χ3n) is 3.87. The average molecular weight is 372 g/mol.